The van der Waals surface area contributed by atoms with Crippen LogP contribution in [0.25, 0.3) is 0 Å². The predicted octanol–water partition coefficient (Wildman–Crippen LogP) is 8.03. The lowest BCUT2D eigenvalue weighted by Gasteiger charge is -2.08. The number of halogens is 5. The average Bonchev–Trinajstić information content (AvgIpc) is 2.70. The van der Waals surface area contributed by atoms with E-state index >= 15 is 0 Å². The summed E-state index contributed by atoms with van der Waals surface area (Å²) in [6, 6.07) is 18.2. The molecule has 0 spiro atoms. The highest BCUT2D eigenvalue weighted by Gasteiger charge is 2.30. The maximum Gasteiger partial charge on any atom is 0.416 e. The number of nitrogens with zero attached hydrogens (tertiary/aromatic N) is 1. The summed E-state index contributed by atoms with van der Waals surface area (Å²) < 4.78 is 52.5. The number of allylic oxidation sites excluding steroid dienone is 1. The van der Waals surface area contributed by atoms with Crippen LogP contribution in [0.2, 0.25) is 0 Å². The first-order valence-electron chi connectivity index (χ1n) is 8.42. The van der Waals surface area contributed by atoms with Crippen LogP contribution < -0.4 is 0 Å². The van der Waals surface area contributed by atoms with Gasteiger partial charge in [-0.3, -0.25) is 0 Å². The molecule has 0 heterocycles. The van der Waals surface area contributed by atoms with Crippen molar-refractivity contribution < 1.29 is 17.6 Å². The molecule has 0 aliphatic rings. The molecule has 3 rings (SSSR count). The Labute approximate surface area is 178 Å². The molecular weight excluding hydrogens is 466 g/mol. The summed E-state index contributed by atoms with van der Waals surface area (Å²) in [6.07, 6.45) is -2.67. The van der Waals surface area contributed by atoms with Crippen molar-refractivity contribution in [1.82, 2.24) is 0 Å². The van der Waals surface area contributed by atoms with Crippen LogP contribution in [-0.4, -0.2) is 5.71 Å². The van der Waals surface area contributed by atoms with Gasteiger partial charge in [0.25, 0.3) is 0 Å². The number of rotatable bonds is 5. The van der Waals surface area contributed by atoms with Crippen LogP contribution in [0.5, 0.6) is 0 Å². The first-order chi connectivity index (χ1) is 13.8. The molecule has 3 aromatic carbocycles. The van der Waals surface area contributed by atoms with E-state index < -0.39 is 11.7 Å². The highest BCUT2D eigenvalue weighted by molar-refractivity contribution is 9.10. The summed E-state index contributed by atoms with van der Waals surface area (Å²) in [6.45, 7) is 0. The molecule has 0 atom stereocenters. The van der Waals surface area contributed by atoms with Crippen LogP contribution in [0, 0.1) is 5.82 Å². The molecule has 0 amide bonds. The standard InChI is InChI=1S/C22H14BrF4NS/c23-17-5-9-19(10-6-17)28-21(13-14-29-20-11-7-18(24)8-12-20)15-1-3-16(4-2-15)22(25,26)27/h1-14H/b14-13+,28-21?. The summed E-state index contributed by atoms with van der Waals surface area (Å²) in [5, 5.41) is 1.77. The minimum Gasteiger partial charge on any atom is -0.248 e. The first-order valence-corrected chi connectivity index (χ1v) is 10.1. The summed E-state index contributed by atoms with van der Waals surface area (Å²) in [4.78, 5) is 5.39. The van der Waals surface area contributed by atoms with Crippen LogP contribution in [-0.2, 0) is 6.18 Å². The highest BCUT2D eigenvalue weighted by Crippen LogP contribution is 2.29. The van der Waals surface area contributed by atoms with Gasteiger partial charge in [0.2, 0.25) is 0 Å². The third kappa shape index (κ3) is 6.30. The van der Waals surface area contributed by atoms with E-state index in [2.05, 4.69) is 20.9 Å². The Bertz CT molecular complexity index is 1010. The molecule has 0 saturated heterocycles. The second-order valence-corrected chi connectivity index (χ2v) is 7.82. The maximum atomic E-state index is 13.0. The van der Waals surface area contributed by atoms with Gasteiger partial charge in [-0.25, -0.2) is 9.38 Å². The van der Waals surface area contributed by atoms with Crippen molar-refractivity contribution in [2.24, 2.45) is 4.99 Å². The van der Waals surface area contributed by atoms with Crippen molar-refractivity contribution in [2.45, 2.75) is 11.1 Å². The Morgan fingerprint density at radius 3 is 2.07 bits per heavy atom. The molecule has 0 aromatic heterocycles. The van der Waals surface area contributed by atoms with Gasteiger partial charge in [-0.05, 0) is 72.1 Å². The number of hydrogen-bond acceptors (Lipinski definition) is 2. The molecule has 3 aromatic rings. The SMILES string of the molecule is Fc1ccc(S/C=C/C(=Nc2ccc(Br)cc2)c2ccc(C(F)(F)F)cc2)cc1. The smallest absolute Gasteiger partial charge is 0.248 e. The van der Waals surface area contributed by atoms with E-state index in [0.717, 1.165) is 21.5 Å². The van der Waals surface area contributed by atoms with Crippen LogP contribution in [0.4, 0.5) is 23.2 Å². The quantitative estimate of drug-likeness (QED) is 0.205. The molecular formula is C22H14BrF4NS. The normalized spacial score (nSPS) is 12.5. The van der Waals surface area contributed by atoms with E-state index in [0.29, 0.717) is 17.0 Å². The number of thioether (sulfide) groups is 1. The Morgan fingerprint density at radius 2 is 1.48 bits per heavy atom. The van der Waals surface area contributed by atoms with E-state index in [1.165, 1.54) is 36.0 Å². The summed E-state index contributed by atoms with van der Waals surface area (Å²) >= 11 is 4.71. The van der Waals surface area contributed by atoms with Crippen molar-refractivity contribution in [3.63, 3.8) is 0 Å². The molecule has 0 radical (unpaired) electrons. The highest BCUT2D eigenvalue weighted by atomic mass is 79.9. The van der Waals surface area contributed by atoms with Crippen LogP contribution >= 0.6 is 27.7 Å². The van der Waals surface area contributed by atoms with Crippen molar-refractivity contribution in [3.05, 3.63) is 106 Å². The summed E-state index contributed by atoms with van der Waals surface area (Å²) in [7, 11) is 0. The van der Waals surface area contributed by atoms with E-state index in [9.17, 15) is 17.6 Å². The zero-order valence-corrected chi connectivity index (χ0v) is 17.2. The zero-order valence-electron chi connectivity index (χ0n) is 14.8. The van der Waals surface area contributed by atoms with Gasteiger partial charge in [0, 0.05) is 14.9 Å². The lowest BCUT2D eigenvalue weighted by Crippen LogP contribution is -2.05. The fourth-order valence-electron chi connectivity index (χ4n) is 2.37. The Hall–Kier alpha value is -2.38. The molecule has 0 N–H and O–H groups in total. The lowest BCUT2D eigenvalue weighted by molar-refractivity contribution is -0.137. The molecule has 0 aliphatic carbocycles. The van der Waals surface area contributed by atoms with Crippen LogP contribution in [0.15, 0.2) is 98.6 Å². The number of hydrogen-bond donors (Lipinski definition) is 0. The van der Waals surface area contributed by atoms with Gasteiger partial charge < -0.3 is 0 Å². The summed E-state index contributed by atoms with van der Waals surface area (Å²) in [5.74, 6) is -0.319. The fourth-order valence-corrected chi connectivity index (χ4v) is 3.28. The third-order valence-corrected chi connectivity index (χ3v) is 5.17. The summed E-state index contributed by atoms with van der Waals surface area (Å²) in [5.41, 5.74) is 1.01. The van der Waals surface area contributed by atoms with Crippen molar-refractivity contribution in [3.8, 4) is 0 Å². The molecule has 148 valence electrons. The van der Waals surface area contributed by atoms with Gasteiger partial charge in [-0.2, -0.15) is 13.2 Å². The molecule has 29 heavy (non-hydrogen) atoms. The van der Waals surface area contributed by atoms with Crippen molar-refractivity contribution in [2.75, 3.05) is 0 Å². The Balaban J connectivity index is 1.89. The van der Waals surface area contributed by atoms with E-state index in [4.69, 9.17) is 0 Å². The van der Waals surface area contributed by atoms with Gasteiger partial charge in [0.05, 0.1) is 17.0 Å². The minimum absolute atomic E-state index is 0.319. The number of aliphatic imine (C=N–C) groups is 1. The molecule has 0 unspecified atom stereocenters. The maximum absolute atomic E-state index is 13.0. The van der Waals surface area contributed by atoms with Crippen LogP contribution in [0.1, 0.15) is 11.1 Å². The molecule has 0 saturated carbocycles. The van der Waals surface area contributed by atoms with Gasteiger partial charge in [-0.1, -0.05) is 39.8 Å². The average molecular weight is 480 g/mol. The van der Waals surface area contributed by atoms with E-state index in [1.54, 1.807) is 35.7 Å². The number of alkyl halides is 3. The fraction of sp³-hybridized carbons (Fsp3) is 0.0455. The zero-order chi connectivity index (χ0) is 20.9. The van der Waals surface area contributed by atoms with Gasteiger partial charge >= 0.3 is 6.18 Å². The van der Waals surface area contributed by atoms with Gasteiger partial charge in [0.15, 0.2) is 0 Å². The molecule has 7 heteroatoms. The van der Waals surface area contributed by atoms with Crippen LogP contribution in [0.3, 0.4) is 0 Å². The largest absolute Gasteiger partial charge is 0.416 e. The molecule has 0 bridgehead atoms. The van der Waals surface area contributed by atoms with Crippen molar-refractivity contribution >= 4 is 39.1 Å². The Kier molecular flexibility index (Phi) is 6.92. The second kappa shape index (κ2) is 9.41. The van der Waals surface area contributed by atoms with Gasteiger partial charge in [0.1, 0.15) is 5.82 Å². The molecule has 1 nitrogen and oxygen atoms in total. The van der Waals surface area contributed by atoms with E-state index in [-0.39, 0.29) is 5.82 Å². The predicted molar refractivity (Wildman–Crippen MR) is 113 cm³/mol. The van der Waals surface area contributed by atoms with E-state index in [1.807, 2.05) is 12.1 Å². The van der Waals surface area contributed by atoms with Gasteiger partial charge in [-0.15, -0.1) is 0 Å². The minimum atomic E-state index is -4.39. The Morgan fingerprint density at radius 1 is 0.862 bits per heavy atom. The number of benzene rings is 3. The third-order valence-electron chi connectivity index (χ3n) is 3.83. The monoisotopic (exact) mass is 479 g/mol. The molecule has 0 aliphatic heterocycles. The van der Waals surface area contributed by atoms with Crippen molar-refractivity contribution in [1.29, 1.82) is 0 Å². The first kappa shape index (κ1) is 21.3. The topological polar surface area (TPSA) is 12.4 Å². The second-order valence-electron chi connectivity index (χ2n) is 5.92. The lowest BCUT2D eigenvalue weighted by atomic mass is 10.1. The molecule has 0 fully saturated rings.